The topological polar surface area (TPSA) is 151 Å². The average Bonchev–Trinajstić information content (AvgIpc) is 3.05. The minimum Gasteiger partial charge on any atom is -0.394 e. The van der Waals surface area contributed by atoms with E-state index in [-0.39, 0.29) is 12.5 Å². The summed E-state index contributed by atoms with van der Waals surface area (Å²) in [6.07, 6.45) is 20.7. The van der Waals surface area contributed by atoms with Gasteiger partial charge in [0.15, 0.2) is 6.10 Å². The van der Waals surface area contributed by atoms with Crippen molar-refractivity contribution in [1.29, 1.82) is 0 Å². The Morgan fingerprint density at radius 2 is 0.956 bits per heavy atom. The third kappa shape index (κ3) is 24.6. The molecule has 9 nitrogen and oxygen atoms in total. The van der Waals surface area contributed by atoms with Crippen molar-refractivity contribution in [2.75, 3.05) is 26.2 Å². The van der Waals surface area contributed by atoms with Crippen LogP contribution in [-0.4, -0.2) is 92.9 Å². The molecule has 0 rings (SSSR count). The summed E-state index contributed by atoms with van der Waals surface area (Å²) < 4.78 is 0. The monoisotopic (exact) mass is 645 g/mol. The molecule has 0 saturated carbocycles. The molecule has 9 heteroatoms. The molecule has 0 bridgehead atoms. The van der Waals surface area contributed by atoms with Crippen LogP contribution in [-0.2, 0) is 9.59 Å². The normalized spacial score (nSPS) is 14.2. The van der Waals surface area contributed by atoms with Crippen LogP contribution >= 0.6 is 0 Å². The fourth-order valence-corrected chi connectivity index (χ4v) is 5.67. The van der Waals surface area contributed by atoms with E-state index in [1.54, 1.807) is 0 Å². The molecule has 0 saturated heterocycles. The first-order chi connectivity index (χ1) is 21.8. The second-order valence-electron chi connectivity index (χ2n) is 13.0. The summed E-state index contributed by atoms with van der Waals surface area (Å²) in [6, 6.07) is 0. The SMILES string of the molecule is CCCCCCCCCCCCN(CCCCCCCCCCCC)C(=O)CCCCCNC(=O)C(O)C(O)C(O)C(O)CO. The van der Waals surface area contributed by atoms with Crippen LogP contribution in [0.2, 0.25) is 0 Å². The number of amides is 2. The number of hydrogen-bond acceptors (Lipinski definition) is 7. The van der Waals surface area contributed by atoms with Crippen molar-refractivity contribution in [2.24, 2.45) is 0 Å². The number of nitrogens with one attached hydrogen (secondary N) is 1. The molecular weight excluding hydrogens is 572 g/mol. The van der Waals surface area contributed by atoms with Crippen molar-refractivity contribution in [1.82, 2.24) is 10.2 Å². The Morgan fingerprint density at radius 3 is 1.38 bits per heavy atom. The van der Waals surface area contributed by atoms with E-state index in [1.807, 2.05) is 0 Å². The van der Waals surface area contributed by atoms with Crippen LogP contribution in [0.5, 0.6) is 0 Å². The molecule has 0 aromatic heterocycles. The molecule has 0 aliphatic carbocycles. The third-order valence-electron chi connectivity index (χ3n) is 8.81. The Labute approximate surface area is 275 Å². The van der Waals surface area contributed by atoms with Gasteiger partial charge in [0.2, 0.25) is 5.91 Å². The molecule has 0 aliphatic heterocycles. The first-order valence-corrected chi connectivity index (χ1v) is 18.7. The minimum atomic E-state index is -1.92. The van der Waals surface area contributed by atoms with Crippen molar-refractivity contribution in [3.63, 3.8) is 0 Å². The largest absolute Gasteiger partial charge is 0.394 e. The summed E-state index contributed by atoms with van der Waals surface area (Å²) >= 11 is 0. The summed E-state index contributed by atoms with van der Waals surface area (Å²) in [4.78, 5) is 27.2. The van der Waals surface area contributed by atoms with Gasteiger partial charge in [0.25, 0.3) is 5.91 Å². The number of rotatable bonds is 33. The lowest BCUT2D eigenvalue weighted by Crippen LogP contribution is -2.51. The maximum Gasteiger partial charge on any atom is 0.251 e. The van der Waals surface area contributed by atoms with Crippen LogP contribution < -0.4 is 5.32 Å². The average molecular weight is 645 g/mol. The van der Waals surface area contributed by atoms with Gasteiger partial charge in [0, 0.05) is 26.1 Å². The summed E-state index contributed by atoms with van der Waals surface area (Å²) in [7, 11) is 0. The lowest BCUT2D eigenvalue weighted by Gasteiger charge is -2.25. The van der Waals surface area contributed by atoms with Crippen LogP contribution in [0.3, 0.4) is 0 Å². The number of carbonyl (C=O) groups is 2. The number of nitrogens with zero attached hydrogens (tertiary/aromatic N) is 1. The molecule has 4 atom stereocenters. The zero-order chi connectivity index (χ0) is 33.5. The second kappa shape index (κ2) is 31.3. The molecule has 0 spiro atoms. The van der Waals surface area contributed by atoms with Crippen LogP contribution in [0.1, 0.15) is 168 Å². The first kappa shape index (κ1) is 43.7. The van der Waals surface area contributed by atoms with Crippen molar-refractivity contribution >= 4 is 11.8 Å². The maximum atomic E-state index is 13.1. The lowest BCUT2D eigenvalue weighted by atomic mass is 10.0. The number of unbranched alkanes of at least 4 members (excludes halogenated alkanes) is 20. The highest BCUT2D eigenvalue weighted by Crippen LogP contribution is 2.14. The molecule has 4 unspecified atom stereocenters. The van der Waals surface area contributed by atoms with E-state index >= 15 is 0 Å². The van der Waals surface area contributed by atoms with Gasteiger partial charge in [0.05, 0.1) is 6.61 Å². The highest BCUT2D eigenvalue weighted by molar-refractivity contribution is 5.81. The zero-order valence-electron chi connectivity index (χ0n) is 29.1. The molecule has 45 heavy (non-hydrogen) atoms. The highest BCUT2D eigenvalue weighted by atomic mass is 16.4. The van der Waals surface area contributed by atoms with Crippen LogP contribution in [0, 0.1) is 0 Å². The number of aliphatic hydroxyl groups excluding tert-OH is 5. The Balaban J connectivity index is 4.37. The number of carbonyl (C=O) groups excluding carboxylic acids is 2. The van der Waals surface area contributed by atoms with Gasteiger partial charge >= 0.3 is 0 Å². The summed E-state index contributed by atoms with van der Waals surface area (Å²) in [6.45, 7) is 5.62. The van der Waals surface area contributed by atoms with E-state index in [0.717, 1.165) is 32.4 Å². The third-order valence-corrected chi connectivity index (χ3v) is 8.81. The van der Waals surface area contributed by atoms with Gasteiger partial charge in [0.1, 0.15) is 18.3 Å². The second-order valence-corrected chi connectivity index (χ2v) is 13.0. The van der Waals surface area contributed by atoms with Crippen LogP contribution in [0.15, 0.2) is 0 Å². The molecule has 6 N–H and O–H groups in total. The molecule has 2 amide bonds. The van der Waals surface area contributed by atoms with Gasteiger partial charge in [-0.1, -0.05) is 136 Å². The van der Waals surface area contributed by atoms with Crippen molar-refractivity contribution < 1.29 is 35.1 Å². The van der Waals surface area contributed by atoms with E-state index in [4.69, 9.17) is 5.11 Å². The zero-order valence-corrected chi connectivity index (χ0v) is 29.1. The Kier molecular flexibility index (Phi) is 30.5. The van der Waals surface area contributed by atoms with Crippen molar-refractivity contribution in [2.45, 2.75) is 192 Å². The quantitative estimate of drug-likeness (QED) is 0.0497. The maximum absolute atomic E-state index is 13.1. The van der Waals surface area contributed by atoms with E-state index < -0.39 is 36.9 Å². The molecule has 0 heterocycles. The predicted octanol–water partition coefficient (Wildman–Crippen LogP) is 5.77. The van der Waals surface area contributed by atoms with E-state index in [9.17, 15) is 30.0 Å². The number of hydrogen-bond donors (Lipinski definition) is 6. The molecule has 0 aromatic rings. The van der Waals surface area contributed by atoms with Gasteiger partial charge in [-0.3, -0.25) is 9.59 Å². The van der Waals surface area contributed by atoms with Gasteiger partial charge in [-0.15, -0.1) is 0 Å². The smallest absolute Gasteiger partial charge is 0.251 e. The first-order valence-electron chi connectivity index (χ1n) is 18.7. The molecule has 0 aliphatic rings. The van der Waals surface area contributed by atoms with E-state index in [0.29, 0.717) is 19.3 Å². The van der Waals surface area contributed by atoms with Crippen molar-refractivity contribution in [3.8, 4) is 0 Å². The molecule has 268 valence electrons. The Bertz CT molecular complexity index is 658. The van der Waals surface area contributed by atoms with E-state index in [1.165, 1.54) is 116 Å². The molecule has 0 aromatic carbocycles. The highest BCUT2D eigenvalue weighted by Gasteiger charge is 2.33. The predicted molar refractivity (Wildman–Crippen MR) is 183 cm³/mol. The van der Waals surface area contributed by atoms with Gasteiger partial charge in [-0.05, 0) is 25.7 Å². The molecule has 0 radical (unpaired) electrons. The van der Waals surface area contributed by atoms with Gasteiger partial charge < -0.3 is 35.7 Å². The number of aliphatic hydroxyl groups is 5. The van der Waals surface area contributed by atoms with Crippen LogP contribution in [0.25, 0.3) is 0 Å². The molecular formula is C36H72N2O7. The Morgan fingerprint density at radius 1 is 0.556 bits per heavy atom. The van der Waals surface area contributed by atoms with Gasteiger partial charge in [-0.2, -0.15) is 0 Å². The minimum absolute atomic E-state index is 0.209. The summed E-state index contributed by atoms with van der Waals surface area (Å²) in [5.41, 5.74) is 0. The fourth-order valence-electron chi connectivity index (χ4n) is 5.67. The molecule has 0 fully saturated rings. The fraction of sp³-hybridized carbons (Fsp3) is 0.944. The van der Waals surface area contributed by atoms with Crippen molar-refractivity contribution in [3.05, 3.63) is 0 Å². The summed E-state index contributed by atoms with van der Waals surface area (Å²) in [5.74, 6) is -0.650. The lowest BCUT2D eigenvalue weighted by molar-refractivity contribution is -0.148. The summed E-state index contributed by atoms with van der Waals surface area (Å²) in [5, 5.41) is 50.2. The van der Waals surface area contributed by atoms with Gasteiger partial charge in [-0.25, -0.2) is 0 Å². The standard InChI is InChI=1S/C36H72N2O7/c1-3-5-7-9-11-13-15-17-19-24-28-38(29-25-20-18-16-14-12-10-8-6-4-2)32(41)26-22-21-23-27-37-36(45)35(44)34(43)33(42)31(40)30-39/h31,33-35,39-40,42-44H,3-30H2,1-2H3,(H,37,45). The van der Waals surface area contributed by atoms with Crippen LogP contribution in [0.4, 0.5) is 0 Å². The van der Waals surface area contributed by atoms with E-state index in [2.05, 4.69) is 24.1 Å². The Hall–Kier alpha value is -1.26.